The van der Waals surface area contributed by atoms with Crippen LogP contribution in [0.2, 0.25) is 0 Å². The SMILES string of the molecule is CC(=O)Nc1ccc2nc(Nc3cccnc3)n(-c3ccccc3)c(=O)c2c1. The Morgan fingerprint density at radius 3 is 2.54 bits per heavy atom. The van der Waals surface area contributed by atoms with E-state index < -0.39 is 0 Å². The highest BCUT2D eigenvalue weighted by Crippen LogP contribution is 2.21. The maximum atomic E-state index is 13.3. The molecule has 0 unspecified atom stereocenters. The van der Waals surface area contributed by atoms with Crippen LogP contribution in [0.4, 0.5) is 17.3 Å². The molecule has 0 saturated heterocycles. The van der Waals surface area contributed by atoms with Crippen LogP contribution < -0.4 is 16.2 Å². The van der Waals surface area contributed by atoms with Crippen molar-refractivity contribution in [1.29, 1.82) is 0 Å². The number of hydrogen-bond acceptors (Lipinski definition) is 5. The van der Waals surface area contributed by atoms with Gasteiger partial charge in [0.05, 0.1) is 28.5 Å². The summed E-state index contributed by atoms with van der Waals surface area (Å²) in [5, 5.41) is 6.28. The van der Waals surface area contributed by atoms with E-state index in [1.807, 2.05) is 36.4 Å². The predicted octanol–water partition coefficient (Wildman–Crippen LogP) is 3.48. The fourth-order valence-electron chi connectivity index (χ4n) is 2.93. The van der Waals surface area contributed by atoms with E-state index in [0.29, 0.717) is 33.9 Å². The molecule has 0 bridgehead atoms. The summed E-state index contributed by atoms with van der Waals surface area (Å²) in [7, 11) is 0. The molecule has 0 atom stereocenters. The number of anilines is 3. The first-order valence-electron chi connectivity index (χ1n) is 8.69. The van der Waals surface area contributed by atoms with Crippen LogP contribution in [0.1, 0.15) is 6.92 Å². The lowest BCUT2D eigenvalue weighted by Crippen LogP contribution is -2.23. The molecule has 4 rings (SSSR count). The van der Waals surface area contributed by atoms with E-state index in [9.17, 15) is 9.59 Å². The fourth-order valence-corrected chi connectivity index (χ4v) is 2.93. The maximum absolute atomic E-state index is 13.3. The summed E-state index contributed by atoms with van der Waals surface area (Å²) < 4.78 is 1.51. The normalized spacial score (nSPS) is 10.6. The predicted molar refractivity (Wildman–Crippen MR) is 109 cm³/mol. The Morgan fingerprint density at radius 2 is 1.82 bits per heavy atom. The van der Waals surface area contributed by atoms with Gasteiger partial charge in [-0.15, -0.1) is 0 Å². The van der Waals surface area contributed by atoms with Gasteiger partial charge in [0.25, 0.3) is 5.56 Å². The topological polar surface area (TPSA) is 88.9 Å². The van der Waals surface area contributed by atoms with Crippen LogP contribution in [0.25, 0.3) is 16.6 Å². The number of pyridine rings is 1. The van der Waals surface area contributed by atoms with E-state index in [1.54, 1.807) is 36.7 Å². The smallest absolute Gasteiger partial charge is 0.267 e. The lowest BCUT2D eigenvalue weighted by atomic mass is 10.2. The summed E-state index contributed by atoms with van der Waals surface area (Å²) >= 11 is 0. The van der Waals surface area contributed by atoms with E-state index in [1.165, 1.54) is 11.5 Å². The monoisotopic (exact) mass is 371 g/mol. The van der Waals surface area contributed by atoms with Gasteiger partial charge in [-0.2, -0.15) is 0 Å². The standard InChI is InChI=1S/C21H17N5O2/c1-14(27)23-15-9-10-19-18(12-15)20(28)26(17-7-3-2-4-8-17)21(25-19)24-16-6-5-11-22-13-16/h2-13H,1H3,(H,23,27)(H,24,25). The Labute approximate surface area is 160 Å². The van der Waals surface area contributed by atoms with Gasteiger partial charge in [-0.3, -0.25) is 14.6 Å². The van der Waals surface area contributed by atoms with E-state index >= 15 is 0 Å². The molecule has 0 saturated carbocycles. The average molecular weight is 371 g/mol. The molecule has 0 aliphatic carbocycles. The second-order valence-electron chi connectivity index (χ2n) is 6.19. The Bertz CT molecular complexity index is 1200. The van der Waals surface area contributed by atoms with Gasteiger partial charge in [-0.25, -0.2) is 9.55 Å². The summed E-state index contributed by atoms with van der Waals surface area (Å²) in [6.45, 7) is 1.42. The fraction of sp³-hybridized carbons (Fsp3) is 0.0476. The number of benzene rings is 2. The Balaban J connectivity index is 1.94. The van der Waals surface area contributed by atoms with Crippen LogP contribution in [-0.2, 0) is 4.79 Å². The summed E-state index contributed by atoms with van der Waals surface area (Å²) in [4.78, 5) is 33.4. The lowest BCUT2D eigenvalue weighted by Gasteiger charge is -2.15. The molecule has 0 fully saturated rings. The number of para-hydroxylation sites is 1. The first-order chi connectivity index (χ1) is 13.6. The molecule has 7 nitrogen and oxygen atoms in total. The van der Waals surface area contributed by atoms with Crippen molar-refractivity contribution in [2.24, 2.45) is 0 Å². The number of amides is 1. The molecule has 0 aliphatic rings. The lowest BCUT2D eigenvalue weighted by molar-refractivity contribution is -0.114. The highest BCUT2D eigenvalue weighted by Gasteiger charge is 2.14. The van der Waals surface area contributed by atoms with Crippen LogP contribution in [0.3, 0.4) is 0 Å². The zero-order valence-electron chi connectivity index (χ0n) is 15.1. The Hall–Kier alpha value is -4.00. The Morgan fingerprint density at radius 1 is 1.00 bits per heavy atom. The number of carbonyl (C=O) groups excluding carboxylic acids is 1. The molecule has 28 heavy (non-hydrogen) atoms. The van der Waals surface area contributed by atoms with Gasteiger partial charge in [0.1, 0.15) is 0 Å². The van der Waals surface area contributed by atoms with Crippen molar-refractivity contribution in [2.45, 2.75) is 6.92 Å². The minimum Gasteiger partial charge on any atom is -0.326 e. The van der Waals surface area contributed by atoms with E-state index in [-0.39, 0.29) is 11.5 Å². The molecular weight excluding hydrogens is 354 g/mol. The molecular formula is C21H17N5O2. The van der Waals surface area contributed by atoms with Crippen LogP contribution in [-0.4, -0.2) is 20.4 Å². The number of nitrogens with one attached hydrogen (secondary N) is 2. The highest BCUT2D eigenvalue weighted by atomic mass is 16.1. The third kappa shape index (κ3) is 3.45. The zero-order chi connectivity index (χ0) is 19.5. The second kappa shape index (κ2) is 7.32. The number of carbonyl (C=O) groups is 1. The highest BCUT2D eigenvalue weighted by molar-refractivity contribution is 5.92. The van der Waals surface area contributed by atoms with Crippen molar-refractivity contribution in [3.8, 4) is 5.69 Å². The summed E-state index contributed by atoms with van der Waals surface area (Å²) in [6, 6.07) is 18.0. The number of hydrogen-bond donors (Lipinski definition) is 2. The van der Waals surface area contributed by atoms with Crippen LogP contribution >= 0.6 is 0 Å². The number of aromatic nitrogens is 3. The second-order valence-corrected chi connectivity index (χ2v) is 6.19. The van der Waals surface area contributed by atoms with Crippen LogP contribution in [0, 0.1) is 0 Å². The van der Waals surface area contributed by atoms with Crippen molar-refractivity contribution >= 4 is 34.1 Å². The molecule has 2 N–H and O–H groups in total. The maximum Gasteiger partial charge on any atom is 0.267 e. The van der Waals surface area contributed by atoms with Gasteiger partial charge in [0.15, 0.2) is 0 Å². The largest absolute Gasteiger partial charge is 0.326 e. The van der Waals surface area contributed by atoms with Crippen molar-refractivity contribution in [3.63, 3.8) is 0 Å². The van der Waals surface area contributed by atoms with Crippen molar-refractivity contribution in [3.05, 3.63) is 83.4 Å². The first kappa shape index (κ1) is 17.4. The van der Waals surface area contributed by atoms with Gasteiger partial charge < -0.3 is 10.6 Å². The van der Waals surface area contributed by atoms with Gasteiger partial charge >= 0.3 is 0 Å². The molecule has 7 heteroatoms. The minimum atomic E-state index is -0.241. The van der Waals surface area contributed by atoms with Gasteiger partial charge in [0.2, 0.25) is 11.9 Å². The van der Waals surface area contributed by atoms with Crippen molar-refractivity contribution < 1.29 is 4.79 Å². The Kier molecular flexibility index (Phi) is 4.55. The third-order valence-corrected chi connectivity index (χ3v) is 4.12. The molecule has 2 aromatic heterocycles. The zero-order valence-corrected chi connectivity index (χ0v) is 15.1. The van der Waals surface area contributed by atoms with E-state index in [0.717, 1.165) is 0 Å². The van der Waals surface area contributed by atoms with Crippen LogP contribution in [0.15, 0.2) is 77.9 Å². The molecule has 1 amide bonds. The number of nitrogens with zero attached hydrogens (tertiary/aromatic N) is 3. The van der Waals surface area contributed by atoms with E-state index in [2.05, 4.69) is 20.6 Å². The molecule has 2 aromatic carbocycles. The van der Waals surface area contributed by atoms with Crippen molar-refractivity contribution in [2.75, 3.05) is 10.6 Å². The average Bonchev–Trinajstić information content (AvgIpc) is 2.70. The van der Waals surface area contributed by atoms with Crippen molar-refractivity contribution in [1.82, 2.24) is 14.5 Å². The first-order valence-corrected chi connectivity index (χ1v) is 8.69. The van der Waals surface area contributed by atoms with Gasteiger partial charge in [-0.1, -0.05) is 18.2 Å². The molecule has 138 valence electrons. The minimum absolute atomic E-state index is 0.203. The molecule has 0 aliphatic heterocycles. The molecule has 0 radical (unpaired) electrons. The van der Waals surface area contributed by atoms with Gasteiger partial charge in [-0.05, 0) is 42.5 Å². The number of rotatable bonds is 4. The quantitative estimate of drug-likeness (QED) is 0.573. The third-order valence-electron chi connectivity index (χ3n) is 4.12. The van der Waals surface area contributed by atoms with Gasteiger partial charge in [0, 0.05) is 18.8 Å². The molecule has 2 heterocycles. The number of fused-ring (bicyclic) bond motifs is 1. The molecule has 4 aromatic rings. The van der Waals surface area contributed by atoms with E-state index in [4.69, 9.17) is 0 Å². The summed E-state index contributed by atoms with van der Waals surface area (Å²) in [6.07, 6.45) is 3.33. The summed E-state index contributed by atoms with van der Waals surface area (Å²) in [5.41, 5.74) is 2.23. The molecule has 0 spiro atoms. The van der Waals surface area contributed by atoms with Crippen LogP contribution in [0.5, 0.6) is 0 Å². The summed E-state index contributed by atoms with van der Waals surface area (Å²) in [5.74, 6) is 0.175.